The summed E-state index contributed by atoms with van der Waals surface area (Å²) in [4.78, 5) is 32.5. The number of ether oxygens (including phenoxy) is 1. The van der Waals surface area contributed by atoms with Crippen LogP contribution in [-0.4, -0.2) is 29.2 Å². The molecular formula is C19H25N3O4. The Morgan fingerprint density at radius 2 is 2.00 bits per heavy atom. The van der Waals surface area contributed by atoms with E-state index in [2.05, 4.69) is 10.3 Å². The number of fused-ring (bicyclic) bond motifs is 1. The zero-order valence-electron chi connectivity index (χ0n) is 15.6. The van der Waals surface area contributed by atoms with Crippen molar-refractivity contribution in [1.29, 1.82) is 0 Å². The summed E-state index contributed by atoms with van der Waals surface area (Å²) in [5.74, 6) is 0.723. The topological polar surface area (TPSA) is 111 Å². The second kappa shape index (κ2) is 9.53. The number of nitrogens with two attached hydrogens (primary N) is 1. The Hall–Kier alpha value is -2.92. The summed E-state index contributed by atoms with van der Waals surface area (Å²) in [6.45, 7) is 8.14. The van der Waals surface area contributed by atoms with Crippen molar-refractivity contribution in [3.05, 3.63) is 30.0 Å². The zero-order chi connectivity index (χ0) is 19.7. The Morgan fingerprint density at radius 1 is 1.35 bits per heavy atom. The third kappa shape index (κ3) is 6.18. The number of aryl methyl sites for hydroxylation is 1. The fraction of sp³-hybridized carbons (Fsp3) is 0.421. The molecule has 7 nitrogen and oxygen atoms in total. The predicted molar refractivity (Wildman–Crippen MR) is 98.5 cm³/mol. The highest BCUT2D eigenvalue weighted by Crippen LogP contribution is 2.30. The van der Waals surface area contributed by atoms with E-state index in [1.165, 1.54) is 0 Å². The fourth-order valence-corrected chi connectivity index (χ4v) is 2.50. The number of pyridine rings is 1. The molecule has 1 amide bonds. The lowest BCUT2D eigenvalue weighted by atomic mass is 10.1. The molecule has 0 spiro atoms. The first-order valence-electron chi connectivity index (χ1n) is 8.33. The van der Waals surface area contributed by atoms with Gasteiger partial charge in [0.15, 0.2) is 0 Å². The van der Waals surface area contributed by atoms with Crippen molar-refractivity contribution in [2.24, 2.45) is 0 Å². The van der Waals surface area contributed by atoms with Gasteiger partial charge in [0.05, 0.1) is 16.4 Å². The average Bonchev–Trinajstić information content (AvgIpc) is 2.53. The van der Waals surface area contributed by atoms with E-state index in [0.717, 1.165) is 23.0 Å². The third-order valence-electron chi connectivity index (χ3n) is 3.50. The van der Waals surface area contributed by atoms with Crippen LogP contribution in [0.15, 0.2) is 24.3 Å². The van der Waals surface area contributed by atoms with Crippen LogP contribution >= 0.6 is 0 Å². The summed E-state index contributed by atoms with van der Waals surface area (Å²) >= 11 is 0. The van der Waals surface area contributed by atoms with Crippen molar-refractivity contribution in [3.63, 3.8) is 0 Å². The molecule has 1 heterocycles. The summed E-state index contributed by atoms with van der Waals surface area (Å²) < 4.78 is 5.95. The van der Waals surface area contributed by atoms with Crippen molar-refractivity contribution in [1.82, 2.24) is 10.3 Å². The van der Waals surface area contributed by atoms with Gasteiger partial charge in [-0.15, -0.1) is 0 Å². The standard InChI is InChI=1S/C18H25N3O2.CO2/c1-5-7-16(22)21-18(3,4)11-23-15-9-6-8-14-17(15)13(19)10-12(2)20-14;2-1-3/h6,8-10H,5,7,11H2,1-4H3,(H2,19,20)(H,21,22);. The zero-order valence-corrected chi connectivity index (χ0v) is 15.6. The van der Waals surface area contributed by atoms with Crippen LogP contribution in [0.1, 0.15) is 39.3 Å². The number of amides is 1. The number of anilines is 1. The van der Waals surface area contributed by atoms with Crippen LogP contribution in [0.3, 0.4) is 0 Å². The van der Waals surface area contributed by atoms with E-state index in [1.54, 1.807) is 0 Å². The number of carbonyl (C=O) groups is 1. The van der Waals surface area contributed by atoms with Crippen LogP contribution in [0, 0.1) is 6.92 Å². The first kappa shape index (κ1) is 21.1. The summed E-state index contributed by atoms with van der Waals surface area (Å²) in [5, 5.41) is 3.80. The van der Waals surface area contributed by atoms with Gasteiger partial charge in [-0.1, -0.05) is 13.0 Å². The minimum Gasteiger partial charge on any atom is -0.490 e. The van der Waals surface area contributed by atoms with E-state index in [1.807, 2.05) is 52.0 Å². The molecule has 1 aromatic carbocycles. The van der Waals surface area contributed by atoms with Gasteiger partial charge in [-0.2, -0.15) is 9.59 Å². The first-order valence-corrected chi connectivity index (χ1v) is 8.33. The number of nitrogen functional groups attached to an aromatic ring is 1. The Bertz CT molecular complexity index is 797. The van der Waals surface area contributed by atoms with Gasteiger partial charge in [-0.05, 0) is 45.4 Å². The summed E-state index contributed by atoms with van der Waals surface area (Å²) in [7, 11) is 0. The smallest absolute Gasteiger partial charge is 0.373 e. The largest absolute Gasteiger partial charge is 0.490 e. The highest BCUT2D eigenvalue weighted by molar-refractivity contribution is 5.95. The first-order chi connectivity index (χ1) is 12.2. The Kier molecular flexibility index (Phi) is 7.75. The summed E-state index contributed by atoms with van der Waals surface area (Å²) in [5.41, 5.74) is 8.01. The quantitative estimate of drug-likeness (QED) is 0.820. The van der Waals surface area contributed by atoms with E-state index in [9.17, 15) is 4.79 Å². The lowest BCUT2D eigenvalue weighted by Crippen LogP contribution is -2.47. The third-order valence-corrected chi connectivity index (χ3v) is 3.50. The Balaban J connectivity index is 0.00000105. The Morgan fingerprint density at radius 3 is 2.62 bits per heavy atom. The predicted octanol–water partition coefficient (Wildman–Crippen LogP) is 2.62. The number of carbonyl (C=O) groups excluding carboxylic acids is 3. The second-order valence-corrected chi connectivity index (χ2v) is 6.56. The fourth-order valence-electron chi connectivity index (χ4n) is 2.50. The molecule has 3 N–H and O–H groups in total. The molecule has 0 saturated heterocycles. The van der Waals surface area contributed by atoms with Gasteiger partial charge in [-0.3, -0.25) is 9.78 Å². The van der Waals surface area contributed by atoms with E-state index in [4.69, 9.17) is 20.1 Å². The molecule has 0 saturated carbocycles. The molecule has 0 unspecified atom stereocenters. The highest BCUT2D eigenvalue weighted by Gasteiger charge is 2.21. The number of rotatable bonds is 6. The average molecular weight is 359 g/mol. The normalized spacial score (nSPS) is 10.5. The molecule has 0 atom stereocenters. The molecule has 0 bridgehead atoms. The minimum absolute atomic E-state index is 0.0378. The lowest BCUT2D eigenvalue weighted by molar-refractivity contribution is -0.191. The molecule has 0 fully saturated rings. The summed E-state index contributed by atoms with van der Waals surface area (Å²) in [6, 6.07) is 7.52. The molecular weight excluding hydrogens is 334 g/mol. The molecule has 7 heteroatoms. The molecule has 26 heavy (non-hydrogen) atoms. The van der Waals surface area contributed by atoms with Gasteiger partial charge in [0, 0.05) is 17.8 Å². The molecule has 1 aromatic heterocycles. The summed E-state index contributed by atoms with van der Waals surface area (Å²) in [6.07, 6.45) is 1.60. The number of benzene rings is 1. The van der Waals surface area contributed by atoms with Gasteiger partial charge in [0.1, 0.15) is 12.4 Å². The van der Waals surface area contributed by atoms with Crippen molar-refractivity contribution >= 4 is 28.6 Å². The van der Waals surface area contributed by atoms with Crippen LogP contribution in [-0.2, 0) is 14.4 Å². The molecule has 140 valence electrons. The highest BCUT2D eigenvalue weighted by atomic mass is 16.5. The number of aromatic nitrogens is 1. The van der Waals surface area contributed by atoms with Gasteiger partial charge < -0.3 is 15.8 Å². The maximum absolute atomic E-state index is 11.8. The molecule has 0 radical (unpaired) electrons. The van der Waals surface area contributed by atoms with Crippen LogP contribution in [0.4, 0.5) is 5.69 Å². The van der Waals surface area contributed by atoms with Crippen molar-refractivity contribution in [2.75, 3.05) is 12.3 Å². The van der Waals surface area contributed by atoms with Crippen molar-refractivity contribution in [2.45, 2.75) is 46.1 Å². The minimum atomic E-state index is -0.457. The van der Waals surface area contributed by atoms with E-state index in [0.29, 0.717) is 24.5 Å². The number of hydrogen-bond acceptors (Lipinski definition) is 6. The number of nitrogens with zero attached hydrogens (tertiary/aromatic N) is 1. The SMILES string of the molecule is CCCC(=O)NC(C)(C)COc1cccc2nc(C)cc(N)c12.O=C=O. The van der Waals surface area contributed by atoms with Gasteiger partial charge >= 0.3 is 6.15 Å². The molecule has 0 aliphatic heterocycles. The van der Waals surface area contributed by atoms with E-state index in [-0.39, 0.29) is 12.1 Å². The van der Waals surface area contributed by atoms with Gasteiger partial charge in [0.2, 0.25) is 5.91 Å². The van der Waals surface area contributed by atoms with Crippen molar-refractivity contribution in [3.8, 4) is 5.75 Å². The maximum Gasteiger partial charge on any atom is 0.373 e. The number of nitrogens with one attached hydrogen (secondary N) is 1. The number of hydrogen-bond donors (Lipinski definition) is 2. The van der Waals surface area contributed by atoms with E-state index >= 15 is 0 Å². The van der Waals surface area contributed by atoms with Crippen LogP contribution in [0.2, 0.25) is 0 Å². The van der Waals surface area contributed by atoms with Crippen molar-refractivity contribution < 1.29 is 19.1 Å². The van der Waals surface area contributed by atoms with Crippen LogP contribution in [0.5, 0.6) is 5.75 Å². The molecule has 0 aliphatic carbocycles. The monoisotopic (exact) mass is 359 g/mol. The van der Waals surface area contributed by atoms with E-state index < -0.39 is 5.54 Å². The lowest BCUT2D eigenvalue weighted by Gasteiger charge is -2.26. The van der Waals surface area contributed by atoms with Crippen LogP contribution in [0.25, 0.3) is 10.9 Å². The van der Waals surface area contributed by atoms with Gasteiger partial charge in [0.25, 0.3) is 0 Å². The second-order valence-electron chi connectivity index (χ2n) is 6.56. The Labute approximate surface area is 152 Å². The molecule has 0 aliphatic rings. The maximum atomic E-state index is 11.8. The molecule has 2 aromatic rings. The van der Waals surface area contributed by atoms with Crippen LogP contribution < -0.4 is 15.8 Å². The van der Waals surface area contributed by atoms with Gasteiger partial charge in [-0.25, -0.2) is 0 Å². The molecule has 2 rings (SSSR count).